The molecular weight excluding hydrogens is 1410 g/mol. The Morgan fingerprint density at radius 2 is 0.719 bits per heavy atom. The van der Waals surface area contributed by atoms with Gasteiger partial charge < -0.3 is 40.4 Å². The number of rotatable bonds is 40. The first-order valence-electron chi connectivity index (χ1n) is 49.4. The van der Waals surface area contributed by atoms with E-state index in [9.17, 15) is 14.4 Å². The predicted molar refractivity (Wildman–Crippen MR) is 472 cm³/mol. The Balaban J connectivity index is 0.609. The Morgan fingerprint density at radius 1 is 0.395 bits per heavy atom. The van der Waals surface area contributed by atoms with Crippen LogP contribution >= 0.6 is 0 Å². The lowest BCUT2D eigenvalue weighted by atomic mass is 9.47. The number of carbonyl (C=O) groups excluding carboxylic acids is 3. The first-order valence-corrected chi connectivity index (χ1v) is 49.4. The second kappa shape index (κ2) is 39.6. The summed E-state index contributed by atoms with van der Waals surface area (Å²) in [5.41, 5.74) is 12.7. The van der Waals surface area contributed by atoms with Gasteiger partial charge in [0.1, 0.15) is 18.3 Å². The summed E-state index contributed by atoms with van der Waals surface area (Å²) in [6, 6.07) is 0. The number of nitrogens with two attached hydrogens (primary N) is 1. The van der Waals surface area contributed by atoms with Crippen LogP contribution in [-0.2, 0) is 19.0 Å². The molecule has 2 amide bonds. The predicted octanol–water partition coefficient (Wildman–Crippen LogP) is 25.3. The molecule has 0 radical (unpaired) electrons. The molecule has 9 fully saturated rings. The van der Waals surface area contributed by atoms with E-state index in [-0.39, 0.29) is 58.5 Å². The monoisotopic (exact) mass is 1580 g/mol. The number of unbranched alkanes of at least 4 members (excludes halogenated alkanes) is 2. The van der Waals surface area contributed by atoms with Gasteiger partial charge in [0.25, 0.3) is 0 Å². The van der Waals surface area contributed by atoms with Crippen LogP contribution in [0, 0.1) is 144 Å². The van der Waals surface area contributed by atoms with Gasteiger partial charge in [0.2, 0.25) is 0 Å². The first kappa shape index (κ1) is 89.9. The quantitative estimate of drug-likeness (QED) is 0.0117. The van der Waals surface area contributed by atoms with Crippen LogP contribution in [0.25, 0.3) is 0 Å². The molecule has 0 heterocycles. The molecule has 5 N–H and O–H groups in total. The molecule has 12 aliphatic carbocycles. The highest BCUT2D eigenvalue weighted by atomic mass is 16.6. The molecule has 12 rings (SSSR count). The second-order valence-corrected chi connectivity index (χ2v) is 44.8. The molecule has 12 heteroatoms. The number of amidine groups is 1. The molecule has 24 atom stereocenters. The minimum absolute atomic E-state index is 0.0118. The van der Waals surface area contributed by atoms with Crippen molar-refractivity contribution < 1.29 is 28.6 Å². The third-order valence-corrected chi connectivity index (χ3v) is 36.7. The molecule has 114 heavy (non-hydrogen) atoms. The van der Waals surface area contributed by atoms with Crippen LogP contribution in [0.1, 0.15) is 374 Å². The third kappa shape index (κ3) is 20.7. The zero-order valence-electron chi connectivity index (χ0n) is 76.1. The number of alkyl carbamates (subject to hydrolysis) is 2. The molecule has 0 saturated heterocycles. The molecule has 9 saturated carbocycles. The largest absolute Gasteiger partial charge is 0.462 e. The number of hydrogen-bond donors (Lipinski definition) is 4. The molecule has 24 unspecified atom stereocenters. The van der Waals surface area contributed by atoms with Gasteiger partial charge in [-0.2, -0.15) is 0 Å². The van der Waals surface area contributed by atoms with E-state index >= 15 is 0 Å². The molecular formula is C102H174N6O6. The zero-order valence-corrected chi connectivity index (χ0v) is 76.1. The zero-order chi connectivity index (χ0) is 81.3. The highest BCUT2D eigenvalue weighted by Gasteiger charge is 2.63. The lowest BCUT2D eigenvalue weighted by Crippen LogP contribution is -2.51. The summed E-state index contributed by atoms with van der Waals surface area (Å²) >= 11 is 0. The van der Waals surface area contributed by atoms with E-state index in [0.717, 1.165) is 249 Å². The van der Waals surface area contributed by atoms with Crippen molar-refractivity contribution in [2.45, 2.75) is 392 Å². The second-order valence-electron chi connectivity index (χ2n) is 44.8. The number of ether oxygens (including phenoxy) is 3. The van der Waals surface area contributed by atoms with Crippen LogP contribution in [0.15, 0.2) is 34.9 Å². The standard InChI is InChI=1S/C102H174N6O6/c1-69(2)26-20-29-72(7)84-40-43-87-81-37-34-75-66-78(46-52-97(75,10)90(81)49-55-100(84,87)13)112-94(109)33-17-19-61-107(60-18-16-32-93(103)104)64-25-65-108(62-23-58-105-95(110)113-79-47-53-98(11)76(67-79)35-38-82-88-44-41-85(73(8)30-21-27-70(3)4)101(88,14)56-50-91(82)98)63-24-59-106-96(111)114-80-48-54-99(12)77(68-80)36-39-83-89-45-42-86(74(9)31-22-28-71(5)6)102(89,15)57-51-92(83)99/h34-36,69-74,78-92H,16-33,37-68H2,1-15H3,(H3,103,104)(H,105,110)(H,106,111). The summed E-state index contributed by atoms with van der Waals surface area (Å²) in [4.78, 5) is 46.4. The average Bonchev–Trinajstić information content (AvgIpc) is 1.49. The van der Waals surface area contributed by atoms with Crippen LogP contribution in [-0.4, -0.2) is 104 Å². The van der Waals surface area contributed by atoms with Crippen molar-refractivity contribution in [3.05, 3.63) is 34.9 Å². The lowest BCUT2D eigenvalue weighted by molar-refractivity contribution is -0.151. The van der Waals surface area contributed by atoms with Crippen LogP contribution in [0.3, 0.4) is 0 Å². The average molecular weight is 1580 g/mol. The fourth-order valence-electron chi connectivity index (χ4n) is 30.3. The van der Waals surface area contributed by atoms with Gasteiger partial charge >= 0.3 is 18.2 Å². The lowest BCUT2D eigenvalue weighted by Gasteiger charge is -2.58. The van der Waals surface area contributed by atoms with Gasteiger partial charge in [-0.3, -0.25) is 10.2 Å². The summed E-state index contributed by atoms with van der Waals surface area (Å²) in [5.74, 6) is 14.8. The van der Waals surface area contributed by atoms with E-state index in [2.05, 4.69) is 143 Å². The van der Waals surface area contributed by atoms with Gasteiger partial charge in [0, 0.05) is 45.2 Å². The summed E-state index contributed by atoms with van der Waals surface area (Å²) in [6.45, 7) is 44.3. The molecule has 0 aromatic heterocycles. The van der Waals surface area contributed by atoms with E-state index in [0.29, 0.717) is 42.2 Å². The minimum Gasteiger partial charge on any atom is -0.462 e. The van der Waals surface area contributed by atoms with Gasteiger partial charge in [-0.15, -0.1) is 0 Å². The molecule has 0 aromatic carbocycles. The van der Waals surface area contributed by atoms with Crippen LogP contribution < -0.4 is 16.4 Å². The summed E-state index contributed by atoms with van der Waals surface area (Å²) in [5, 5.41) is 14.4. The van der Waals surface area contributed by atoms with E-state index < -0.39 is 0 Å². The van der Waals surface area contributed by atoms with Gasteiger partial charge in [-0.25, -0.2) is 9.59 Å². The molecule has 12 aliphatic rings. The van der Waals surface area contributed by atoms with Crippen molar-refractivity contribution in [3.63, 3.8) is 0 Å². The molecule has 648 valence electrons. The minimum atomic E-state index is -0.283. The van der Waals surface area contributed by atoms with Crippen LogP contribution in [0.5, 0.6) is 0 Å². The number of esters is 1. The number of fused-ring (bicyclic) bond motifs is 15. The molecule has 0 spiro atoms. The Hall–Kier alpha value is -3.38. The van der Waals surface area contributed by atoms with Crippen molar-refractivity contribution in [2.75, 3.05) is 52.4 Å². The van der Waals surface area contributed by atoms with Crippen molar-refractivity contribution in [1.29, 1.82) is 5.41 Å². The maximum atomic E-state index is 13.8. The number of hydrogen-bond acceptors (Lipinski definition) is 9. The van der Waals surface area contributed by atoms with Gasteiger partial charge in [0.05, 0.1) is 5.84 Å². The fourth-order valence-corrected chi connectivity index (χ4v) is 30.3. The SMILES string of the molecule is CC(C)CCCC(C)C1CCC2C3CC=C4CC(OC(=O)CCCCN(CCCCC(=N)N)CCCN(CCCNC(=O)OC5CCC6(C)C(=CCC7C6CCC6(C)C(C(C)CCCC(C)C)CCC76)C5)CCCNC(=O)OC5CCC6(C)C(=CCC7C6CCC6(C)C(C(C)CCCC(C)C)CCC76)C5)CCC4(C)C3CCC12C. The number of nitrogens with zero attached hydrogens (tertiary/aromatic N) is 2. The Morgan fingerprint density at radius 3 is 1.06 bits per heavy atom. The van der Waals surface area contributed by atoms with Crippen LogP contribution in [0.2, 0.25) is 0 Å². The first-order chi connectivity index (χ1) is 54.4. The maximum absolute atomic E-state index is 13.8. The topological polar surface area (TPSA) is 159 Å². The van der Waals surface area contributed by atoms with Crippen molar-refractivity contribution in [3.8, 4) is 0 Å². The van der Waals surface area contributed by atoms with Crippen LogP contribution in [0.4, 0.5) is 9.59 Å². The van der Waals surface area contributed by atoms with Gasteiger partial charge in [-0.05, 0) is 358 Å². The summed E-state index contributed by atoms with van der Waals surface area (Å²) in [7, 11) is 0. The number of nitrogens with one attached hydrogen (secondary N) is 3. The Labute approximate surface area is 698 Å². The van der Waals surface area contributed by atoms with E-state index in [4.69, 9.17) is 25.4 Å². The van der Waals surface area contributed by atoms with Crippen molar-refractivity contribution in [2.24, 2.45) is 145 Å². The van der Waals surface area contributed by atoms with Gasteiger partial charge in [-0.1, -0.05) is 197 Å². The summed E-state index contributed by atoms with van der Waals surface area (Å²) in [6.07, 6.45) is 56.0. The Kier molecular flexibility index (Phi) is 31.3. The Bertz CT molecular complexity index is 3100. The number of amides is 2. The van der Waals surface area contributed by atoms with Crippen molar-refractivity contribution in [1.82, 2.24) is 20.4 Å². The summed E-state index contributed by atoms with van der Waals surface area (Å²) < 4.78 is 19.1. The molecule has 12 nitrogen and oxygen atoms in total. The highest BCUT2D eigenvalue weighted by molar-refractivity contribution is 5.76. The molecule has 0 aliphatic heterocycles. The smallest absolute Gasteiger partial charge is 0.407 e. The highest BCUT2D eigenvalue weighted by Crippen LogP contribution is 2.71. The van der Waals surface area contributed by atoms with E-state index in [1.807, 2.05) is 0 Å². The third-order valence-electron chi connectivity index (χ3n) is 36.7. The number of carbonyl (C=O) groups is 3. The normalized spacial score (nSPS) is 37.5. The van der Waals surface area contributed by atoms with Gasteiger partial charge in [0.15, 0.2) is 0 Å². The maximum Gasteiger partial charge on any atom is 0.407 e. The number of allylic oxidation sites excluding steroid dienone is 3. The van der Waals surface area contributed by atoms with Crippen molar-refractivity contribution >= 4 is 24.0 Å². The van der Waals surface area contributed by atoms with E-state index in [1.165, 1.54) is 154 Å². The fraction of sp³-hybridized carbons (Fsp3) is 0.902. The molecule has 0 bridgehead atoms. The van der Waals surface area contributed by atoms with E-state index in [1.54, 1.807) is 16.7 Å². The molecule has 0 aromatic rings.